The van der Waals surface area contributed by atoms with Crippen LogP contribution in [0.5, 0.6) is 0 Å². The largest absolute Gasteiger partial charge is 0.371 e. The SMILES string of the molecule is CN1CCN(Cc2ccnn2-c2cccnc2)c2ccccc21. The molecule has 0 bridgehead atoms. The number of nitrogens with zero attached hydrogens (tertiary/aromatic N) is 5. The normalized spacial score (nSPS) is 14.0. The Morgan fingerprint density at radius 3 is 2.65 bits per heavy atom. The number of hydrogen-bond acceptors (Lipinski definition) is 4. The fourth-order valence-electron chi connectivity index (χ4n) is 3.09. The molecule has 0 spiro atoms. The summed E-state index contributed by atoms with van der Waals surface area (Å²) in [6, 6.07) is 14.6. The topological polar surface area (TPSA) is 37.2 Å². The van der Waals surface area contributed by atoms with Gasteiger partial charge in [-0.25, -0.2) is 4.68 Å². The summed E-state index contributed by atoms with van der Waals surface area (Å²) in [4.78, 5) is 8.92. The number of pyridine rings is 1. The van der Waals surface area contributed by atoms with E-state index in [9.17, 15) is 0 Å². The molecule has 116 valence electrons. The molecule has 0 amide bonds. The summed E-state index contributed by atoms with van der Waals surface area (Å²) < 4.78 is 1.97. The third-order valence-corrected chi connectivity index (χ3v) is 4.30. The molecule has 0 fully saturated rings. The highest BCUT2D eigenvalue weighted by Gasteiger charge is 2.21. The Kier molecular flexibility index (Phi) is 3.46. The van der Waals surface area contributed by atoms with Crippen molar-refractivity contribution < 1.29 is 0 Å². The molecular formula is C18H19N5. The first-order valence-corrected chi connectivity index (χ1v) is 7.81. The Morgan fingerprint density at radius 1 is 0.957 bits per heavy atom. The molecule has 3 heterocycles. The summed E-state index contributed by atoms with van der Waals surface area (Å²) in [7, 11) is 2.15. The average Bonchev–Trinajstić information content (AvgIpc) is 3.07. The van der Waals surface area contributed by atoms with E-state index in [0.29, 0.717) is 0 Å². The molecule has 0 saturated carbocycles. The van der Waals surface area contributed by atoms with E-state index in [0.717, 1.165) is 31.0 Å². The van der Waals surface area contributed by atoms with Crippen molar-refractivity contribution in [2.75, 3.05) is 29.9 Å². The zero-order chi connectivity index (χ0) is 15.6. The van der Waals surface area contributed by atoms with Crippen LogP contribution in [-0.2, 0) is 6.54 Å². The van der Waals surface area contributed by atoms with Crippen molar-refractivity contribution in [1.82, 2.24) is 14.8 Å². The second-order valence-corrected chi connectivity index (χ2v) is 5.78. The summed E-state index contributed by atoms with van der Waals surface area (Å²) in [5.74, 6) is 0. The number of aromatic nitrogens is 3. The van der Waals surface area contributed by atoms with Gasteiger partial charge in [-0.3, -0.25) is 4.98 Å². The molecule has 3 aromatic rings. The van der Waals surface area contributed by atoms with Crippen molar-refractivity contribution in [3.63, 3.8) is 0 Å². The molecule has 0 radical (unpaired) electrons. The van der Waals surface area contributed by atoms with Crippen molar-refractivity contribution >= 4 is 11.4 Å². The van der Waals surface area contributed by atoms with E-state index in [1.807, 2.05) is 29.2 Å². The van der Waals surface area contributed by atoms with E-state index < -0.39 is 0 Å². The van der Waals surface area contributed by atoms with Crippen molar-refractivity contribution in [2.24, 2.45) is 0 Å². The standard InChI is InChI=1S/C18H19N5/c1-21-11-12-22(18-7-3-2-6-17(18)21)14-16-8-10-20-23(16)15-5-4-9-19-13-15/h2-10,13H,11-12,14H2,1H3. The molecule has 2 aromatic heterocycles. The molecule has 1 aliphatic heterocycles. The van der Waals surface area contributed by atoms with Gasteiger partial charge in [0.15, 0.2) is 0 Å². The highest BCUT2D eigenvalue weighted by molar-refractivity contribution is 5.73. The van der Waals surface area contributed by atoms with Crippen LogP contribution >= 0.6 is 0 Å². The van der Waals surface area contributed by atoms with Crippen LogP contribution in [0.4, 0.5) is 11.4 Å². The zero-order valence-corrected chi connectivity index (χ0v) is 13.1. The number of fused-ring (bicyclic) bond motifs is 1. The Balaban J connectivity index is 1.66. The smallest absolute Gasteiger partial charge is 0.0832 e. The van der Waals surface area contributed by atoms with E-state index in [1.54, 1.807) is 6.20 Å². The molecule has 0 aliphatic carbocycles. The summed E-state index contributed by atoms with van der Waals surface area (Å²) in [6.45, 7) is 2.86. The van der Waals surface area contributed by atoms with Crippen LogP contribution in [-0.4, -0.2) is 34.9 Å². The van der Waals surface area contributed by atoms with Gasteiger partial charge in [0.2, 0.25) is 0 Å². The lowest BCUT2D eigenvalue weighted by atomic mass is 10.1. The monoisotopic (exact) mass is 305 g/mol. The number of hydrogen-bond donors (Lipinski definition) is 0. The number of para-hydroxylation sites is 2. The second-order valence-electron chi connectivity index (χ2n) is 5.78. The first kappa shape index (κ1) is 13.8. The molecule has 23 heavy (non-hydrogen) atoms. The predicted molar refractivity (Wildman–Crippen MR) is 92.1 cm³/mol. The summed E-state index contributed by atoms with van der Waals surface area (Å²) in [6.07, 6.45) is 5.47. The molecule has 1 aromatic carbocycles. The molecular weight excluding hydrogens is 286 g/mol. The molecule has 0 N–H and O–H groups in total. The van der Waals surface area contributed by atoms with Gasteiger partial charge in [0.1, 0.15) is 0 Å². The van der Waals surface area contributed by atoms with Crippen molar-refractivity contribution in [3.05, 3.63) is 66.7 Å². The van der Waals surface area contributed by atoms with Crippen molar-refractivity contribution in [3.8, 4) is 5.69 Å². The lowest BCUT2D eigenvalue weighted by molar-refractivity contribution is 0.699. The minimum absolute atomic E-state index is 0.833. The summed E-state index contributed by atoms with van der Waals surface area (Å²) in [5, 5.41) is 4.46. The van der Waals surface area contributed by atoms with Gasteiger partial charge < -0.3 is 9.80 Å². The molecule has 0 unspecified atom stereocenters. The Labute approximate surface area is 135 Å². The maximum absolute atomic E-state index is 4.46. The number of rotatable bonds is 3. The van der Waals surface area contributed by atoms with Crippen LogP contribution in [0.3, 0.4) is 0 Å². The fraction of sp³-hybridized carbons (Fsp3) is 0.222. The number of benzene rings is 1. The number of likely N-dealkylation sites (N-methyl/N-ethyl adjacent to an activating group) is 1. The van der Waals surface area contributed by atoms with Crippen LogP contribution in [0.2, 0.25) is 0 Å². The molecule has 0 saturated heterocycles. The van der Waals surface area contributed by atoms with Crippen molar-refractivity contribution in [1.29, 1.82) is 0 Å². The van der Waals surface area contributed by atoms with Gasteiger partial charge >= 0.3 is 0 Å². The van der Waals surface area contributed by atoms with Crippen LogP contribution < -0.4 is 9.80 Å². The molecule has 1 aliphatic rings. The van der Waals surface area contributed by atoms with Gasteiger partial charge in [0.05, 0.1) is 35.5 Å². The Bertz CT molecular complexity index is 796. The van der Waals surface area contributed by atoms with Crippen LogP contribution in [0, 0.1) is 0 Å². The minimum Gasteiger partial charge on any atom is -0.371 e. The van der Waals surface area contributed by atoms with Gasteiger partial charge in [0, 0.05) is 32.5 Å². The molecule has 5 heteroatoms. The van der Waals surface area contributed by atoms with Gasteiger partial charge in [-0.05, 0) is 30.3 Å². The zero-order valence-electron chi connectivity index (χ0n) is 13.1. The van der Waals surface area contributed by atoms with Crippen LogP contribution in [0.25, 0.3) is 5.69 Å². The summed E-state index contributed by atoms with van der Waals surface area (Å²) >= 11 is 0. The fourth-order valence-corrected chi connectivity index (χ4v) is 3.09. The second kappa shape index (κ2) is 5.76. The Morgan fingerprint density at radius 2 is 1.83 bits per heavy atom. The quantitative estimate of drug-likeness (QED) is 0.745. The van der Waals surface area contributed by atoms with E-state index in [1.165, 1.54) is 11.4 Å². The maximum atomic E-state index is 4.46. The third kappa shape index (κ3) is 2.54. The highest BCUT2D eigenvalue weighted by Crippen LogP contribution is 2.32. The molecule has 0 atom stereocenters. The van der Waals surface area contributed by atoms with E-state index in [4.69, 9.17) is 0 Å². The minimum atomic E-state index is 0.833. The predicted octanol–water partition coefficient (Wildman–Crippen LogP) is 2.72. The number of anilines is 2. The van der Waals surface area contributed by atoms with Gasteiger partial charge in [-0.15, -0.1) is 0 Å². The van der Waals surface area contributed by atoms with Gasteiger partial charge in [-0.2, -0.15) is 5.10 Å². The average molecular weight is 305 g/mol. The first-order chi connectivity index (χ1) is 11.3. The van der Waals surface area contributed by atoms with Gasteiger partial charge in [-0.1, -0.05) is 12.1 Å². The molecule has 5 nitrogen and oxygen atoms in total. The maximum Gasteiger partial charge on any atom is 0.0832 e. The summed E-state index contributed by atoms with van der Waals surface area (Å²) in [5.41, 5.74) is 4.72. The first-order valence-electron chi connectivity index (χ1n) is 7.81. The lowest BCUT2D eigenvalue weighted by Crippen LogP contribution is -2.39. The molecule has 4 rings (SSSR count). The van der Waals surface area contributed by atoms with Crippen molar-refractivity contribution in [2.45, 2.75) is 6.54 Å². The lowest BCUT2D eigenvalue weighted by Gasteiger charge is -2.37. The van der Waals surface area contributed by atoms with Crippen LogP contribution in [0.1, 0.15) is 5.69 Å². The van der Waals surface area contributed by atoms with E-state index in [-0.39, 0.29) is 0 Å². The van der Waals surface area contributed by atoms with E-state index in [2.05, 4.69) is 57.3 Å². The Hall–Kier alpha value is -2.82. The highest BCUT2D eigenvalue weighted by atomic mass is 15.3. The third-order valence-electron chi connectivity index (χ3n) is 4.30. The van der Waals surface area contributed by atoms with Gasteiger partial charge in [0.25, 0.3) is 0 Å². The van der Waals surface area contributed by atoms with E-state index >= 15 is 0 Å². The van der Waals surface area contributed by atoms with Crippen LogP contribution in [0.15, 0.2) is 61.1 Å².